The summed E-state index contributed by atoms with van der Waals surface area (Å²) in [5, 5.41) is 3.78. The molecule has 24 heavy (non-hydrogen) atoms. The number of carbonyl (C=O) groups is 1. The van der Waals surface area contributed by atoms with Gasteiger partial charge in [0.2, 0.25) is 0 Å². The summed E-state index contributed by atoms with van der Waals surface area (Å²) in [5.74, 6) is -0.567. The zero-order valence-corrected chi connectivity index (χ0v) is 15.4. The Morgan fingerprint density at radius 3 is 2.46 bits per heavy atom. The molecule has 0 aliphatic rings. The van der Waals surface area contributed by atoms with Gasteiger partial charge >= 0.3 is 0 Å². The van der Waals surface area contributed by atoms with Crippen LogP contribution in [0.1, 0.15) is 10.4 Å². The van der Waals surface area contributed by atoms with Crippen LogP contribution in [0.4, 0.5) is 5.13 Å². The molecule has 2 aromatic carbocycles. The van der Waals surface area contributed by atoms with Gasteiger partial charge in [-0.15, -0.1) is 0 Å². The highest BCUT2D eigenvalue weighted by atomic mass is 35.5. The summed E-state index contributed by atoms with van der Waals surface area (Å²) >= 11 is 13.3. The molecule has 1 aromatic heterocycles. The summed E-state index contributed by atoms with van der Waals surface area (Å²) < 4.78 is 24.3. The molecule has 0 bridgehead atoms. The largest absolute Gasteiger partial charge is 0.298 e. The van der Waals surface area contributed by atoms with Gasteiger partial charge in [0.15, 0.2) is 15.0 Å². The summed E-state index contributed by atoms with van der Waals surface area (Å²) in [4.78, 5) is 16.7. The number of hydrogen-bond acceptors (Lipinski definition) is 5. The molecule has 0 atom stereocenters. The van der Waals surface area contributed by atoms with Crippen LogP contribution in [0.5, 0.6) is 0 Å². The number of halogens is 2. The van der Waals surface area contributed by atoms with Crippen molar-refractivity contribution in [3.63, 3.8) is 0 Å². The molecule has 3 aromatic rings. The van der Waals surface area contributed by atoms with Gasteiger partial charge in [0.25, 0.3) is 5.91 Å². The minimum Gasteiger partial charge on any atom is -0.298 e. The molecule has 1 amide bonds. The van der Waals surface area contributed by atoms with Gasteiger partial charge in [0.05, 0.1) is 25.2 Å². The van der Waals surface area contributed by atoms with Crippen LogP contribution in [0.3, 0.4) is 0 Å². The lowest BCUT2D eigenvalue weighted by Gasteiger charge is -2.06. The Bertz CT molecular complexity index is 1020. The monoisotopic (exact) mass is 400 g/mol. The molecule has 124 valence electrons. The molecule has 5 nitrogen and oxygen atoms in total. The van der Waals surface area contributed by atoms with Crippen molar-refractivity contribution in [2.24, 2.45) is 0 Å². The predicted octanol–water partition coefficient (Wildman–Crippen LogP) is 4.26. The van der Waals surface area contributed by atoms with E-state index in [1.165, 1.54) is 23.5 Å². The fraction of sp³-hybridized carbons (Fsp3) is 0.0667. The fourth-order valence-corrected chi connectivity index (χ4v) is 4.44. The van der Waals surface area contributed by atoms with E-state index < -0.39 is 15.7 Å². The van der Waals surface area contributed by atoms with Gasteiger partial charge in [-0.2, -0.15) is 0 Å². The summed E-state index contributed by atoms with van der Waals surface area (Å²) in [6.45, 7) is 0. The van der Waals surface area contributed by atoms with Crippen molar-refractivity contribution in [3.05, 3.63) is 52.0 Å². The summed E-state index contributed by atoms with van der Waals surface area (Å²) in [6.07, 6.45) is 1.05. The van der Waals surface area contributed by atoms with Crippen LogP contribution in [-0.4, -0.2) is 25.6 Å². The summed E-state index contributed by atoms with van der Waals surface area (Å²) in [6, 6.07) is 9.25. The van der Waals surface area contributed by atoms with Crippen LogP contribution in [-0.2, 0) is 9.84 Å². The molecule has 0 radical (unpaired) electrons. The van der Waals surface area contributed by atoms with E-state index in [1.54, 1.807) is 24.3 Å². The molecule has 0 aliphatic heterocycles. The van der Waals surface area contributed by atoms with E-state index in [-0.39, 0.29) is 15.6 Å². The number of anilines is 1. The highest BCUT2D eigenvalue weighted by Crippen LogP contribution is 2.36. The SMILES string of the molecule is CS(=O)(=O)c1ccccc1C(=O)Nc1nc2c(Cl)ccc(Cl)c2s1. The zero-order chi connectivity index (χ0) is 17.5. The molecule has 9 heteroatoms. The van der Waals surface area contributed by atoms with Gasteiger partial charge in [-0.1, -0.05) is 46.7 Å². The first kappa shape index (κ1) is 17.2. The topological polar surface area (TPSA) is 76.1 Å². The maximum Gasteiger partial charge on any atom is 0.258 e. The maximum absolute atomic E-state index is 12.5. The van der Waals surface area contributed by atoms with Crippen molar-refractivity contribution < 1.29 is 13.2 Å². The number of hydrogen-bond donors (Lipinski definition) is 1. The van der Waals surface area contributed by atoms with E-state index in [2.05, 4.69) is 10.3 Å². The highest BCUT2D eigenvalue weighted by molar-refractivity contribution is 7.90. The smallest absolute Gasteiger partial charge is 0.258 e. The first-order chi connectivity index (χ1) is 11.3. The number of thiazole rings is 1. The number of fused-ring (bicyclic) bond motifs is 1. The minimum absolute atomic E-state index is 0.0420. The molecule has 0 fully saturated rings. The number of rotatable bonds is 3. The Labute approximate surface area is 152 Å². The second-order valence-corrected chi connectivity index (χ2v) is 8.75. The van der Waals surface area contributed by atoms with Crippen molar-refractivity contribution in [2.75, 3.05) is 11.6 Å². The quantitative estimate of drug-likeness (QED) is 0.712. The first-order valence-corrected chi connectivity index (χ1v) is 10.1. The molecular weight excluding hydrogens is 391 g/mol. The maximum atomic E-state index is 12.5. The van der Waals surface area contributed by atoms with Gasteiger partial charge in [0.1, 0.15) is 5.52 Å². The lowest BCUT2D eigenvalue weighted by Crippen LogP contribution is -2.15. The molecule has 1 heterocycles. The van der Waals surface area contributed by atoms with E-state index in [0.29, 0.717) is 20.3 Å². The number of sulfone groups is 1. The molecule has 0 saturated carbocycles. The average Bonchev–Trinajstić information content (AvgIpc) is 2.95. The standard InChI is InChI=1S/C15H10Cl2N2O3S2/c1-24(21,22)11-5-3-2-4-8(11)14(20)19-15-18-12-9(16)6-7-10(17)13(12)23-15/h2-7H,1H3,(H,18,19,20). The zero-order valence-electron chi connectivity index (χ0n) is 12.2. The van der Waals surface area contributed by atoms with Crippen molar-refractivity contribution in [2.45, 2.75) is 4.90 Å². The van der Waals surface area contributed by atoms with Crippen LogP contribution < -0.4 is 5.32 Å². The number of aromatic nitrogens is 1. The predicted molar refractivity (Wildman–Crippen MR) is 97.1 cm³/mol. The van der Waals surface area contributed by atoms with Gasteiger partial charge in [-0.3, -0.25) is 10.1 Å². The number of benzene rings is 2. The number of amides is 1. The van der Waals surface area contributed by atoms with Crippen LogP contribution in [0.15, 0.2) is 41.3 Å². The van der Waals surface area contributed by atoms with Crippen LogP contribution in [0.2, 0.25) is 10.0 Å². The van der Waals surface area contributed by atoms with Crippen LogP contribution in [0, 0.1) is 0 Å². The van der Waals surface area contributed by atoms with Crippen molar-refractivity contribution >= 4 is 65.6 Å². The van der Waals surface area contributed by atoms with Gasteiger partial charge in [-0.05, 0) is 24.3 Å². The number of carbonyl (C=O) groups excluding carboxylic acids is 1. The normalized spacial score (nSPS) is 11.6. The van der Waals surface area contributed by atoms with E-state index >= 15 is 0 Å². The Kier molecular flexibility index (Phi) is 4.52. The fourth-order valence-electron chi connectivity index (χ4n) is 2.14. The summed E-state index contributed by atoms with van der Waals surface area (Å²) in [7, 11) is -3.53. The molecular formula is C15H10Cl2N2O3S2. The van der Waals surface area contributed by atoms with Gasteiger partial charge < -0.3 is 0 Å². The third-order valence-corrected chi connectivity index (χ3v) is 6.09. The van der Waals surface area contributed by atoms with Crippen LogP contribution >= 0.6 is 34.5 Å². The average molecular weight is 401 g/mol. The number of nitrogens with one attached hydrogen (secondary N) is 1. The molecule has 0 aliphatic carbocycles. The Balaban J connectivity index is 2.00. The van der Waals surface area contributed by atoms with Crippen LogP contribution in [0.25, 0.3) is 10.2 Å². The van der Waals surface area contributed by atoms with E-state index in [1.807, 2.05) is 0 Å². The van der Waals surface area contributed by atoms with Crippen molar-refractivity contribution in [3.8, 4) is 0 Å². The lowest BCUT2D eigenvalue weighted by molar-refractivity contribution is 0.102. The van der Waals surface area contributed by atoms with Crippen molar-refractivity contribution in [1.82, 2.24) is 4.98 Å². The Morgan fingerprint density at radius 2 is 1.79 bits per heavy atom. The molecule has 0 unspecified atom stereocenters. The van der Waals surface area contributed by atoms with Gasteiger partial charge in [-0.25, -0.2) is 13.4 Å². The molecule has 0 spiro atoms. The van der Waals surface area contributed by atoms with E-state index in [0.717, 1.165) is 6.26 Å². The molecule has 0 saturated heterocycles. The summed E-state index contributed by atoms with van der Waals surface area (Å²) in [5.41, 5.74) is 0.539. The lowest BCUT2D eigenvalue weighted by atomic mass is 10.2. The minimum atomic E-state index is -3.53. The van der Waals surface area contributed by atoms with Gasteiger partial charge in [0, 0.05) is 6.26 Å². The third-order valence-electron chi connectivity index (χ3n) is 3.20. The van der Waals surface area contributed by atoms with E-state index in [4.69, 9.17) is 23.2 Å². The van der Waals surface area contributed by atoms with Crippen molar-refractivity contribution in [1.29, 1.82) is 0 Å². The first-order valence-electron chi connectivity index (χ1n) is 6.62. The second kappa shape index (κ2) is 6.33. The Morgan fingerprint density at radius 1 is 1.12 bits per heavy atom. The third kappa shape index (κ3) is 3.25. The highest BCUT2D eigenvalue weighted by Gasteiger charge is 2.20. The molecule has 3 rings (SSSR count). The van der Waals surface area contributed by atoms with E-state index in [9.17, 15) is 13.2 Å². The molecule has 1 N–H and O–H groups in total. The Hall–Kier alpha value is -1.67. The number of nitrogens with zero attached hydrogens (tertiary/aromatic N) is 1. The second-order valence-electron chi connectivity index (χ2n) is 4.95.